The van der Waals surface area contributed by atoms with Gasteiger partial charge in [0.05, 0.1) is 19.1 Å². The van der Waals surface area contributed by atoms with Crippen molar-refractivity contribution in [3.05, 3.63) is 0 Å². The summed E-state index contributed by atoms with van der Waals surface area (Å²) in [4.78, 5) is 14.2. The normalized spacial score (nSPS) is 15.9. The molecule has 0 aliphatic heterocycles. The zero-order valence-corrected chi connectivity index (χ0v) is 12.8. The maximum absolute atomic E-state index is 12.2. The Bertz CT molecular complexity index is 229. The van der Waals surface area contributed by atoms with Crippen LogP contribution in [0.15, 0.2) is 0 Å². The number of hydrogen-bond acceptors (Lipinski definition) is 2. The first kappa shape index (κ1) is 16.5. The van der Waals surface area contributed by atoms with E-state index in [1.165, 1.54) is 25.7 Å². The molecule has 0 atom stereocenters. The van der Waals surface area contributed by atoms with Gasteiger partial charge < -0.3 is 9.64 Å². The topological polar surface area (TPSA) is 29.5 Å². The predicted octanol–water partition coefficient (Wildman–Crippen LogP) is 3.76. The summed E-state index contributed by atoms with van der Waals surface area (Å²) in [6.45, 7) is 6.78. The highest BCUT2D eigenvalue weighted by molar-refractivity contribution is 5.76. The number of amides is 1. The Kier molecular flexibility index (Phi) is 8.89. The predicted molar refractivity (Wildman–Crippen MR) is 79.2 cm³/mol. The van der Waals surface area contributed by atoms with Gasteiger partial charge in [-0.05, 0) is 25.7 Å². The lowest BCUT2D eigenvalue weighted by Crippen LogP contribution is -2.33. The maximum Gasteiger partial charge on any atom is 0.224 e. The summed E-state index contributed by atoms with van der Waals surface area (Å²) in [5, 5.41) is 0. The van der Waals surface area contributed by atoms with E-state index in [4.69, 9.17) is 4.74 Å². The molecule has 0 N–H and O–H groups in total. The molecule has 0 unspecified atom stereocenters. The molecule has 0 radical (unpaired) electrons. The molecule has 0 aromatic carbocycles. The lowest BCUT2D eigenvalue weighted by molar-refractivity contribution is -0.133. The maximum atomic E-state index is 12.2. The van der Waals surface area contributed by atoms with Crippen LogP contribution >= 0.6 is 0 Å². The van der Waals surface area contributed by atoms with Crippen LogP contribution in [0, 0.1) is 0 Å². The van der Waals surface area contributed by atoms with Crippen LogP contribution in [0.3, 0.4) is 0 Å². The Balaban J connectivity index is 2.20. The van der Waals surface area contributed by atoms with E-state index in [0.717, 1.165) is 38.8 Å². The first-order valence-corrected chi connectivity index (χ1v) is 8.17. The van der Waals surface area contributed by atoms with Gasteiger partial charge in [-0.15, -0.1) is 0 Å². The molecule has 0 aromatic rings. The van der Waals surface area contributed by atoms with Crippen molar-refractivity contribution < 1.29 is 9.53 Å². The molecule has 1 fully saturated rings. The van der Waals surface area contributed by atoms with Crippen molar-refractivity contribution in [2.24, 2.45) is 0 Å². The minimum Gasteiger partial charge on any atom is -0.378 e. The molecular weight excluding hydrogens is 238 g/mol. The molecule has 0 heterocycles. The van der Waals surface area contributed by atoms with E-state index >= 15 is 0 Å². The molecule has 0 bridgehead atoms. The lowest BCUT2D eigenvalue weighted by Gasteiger charge is -2.23. The lowest BCUT2D eigenvalue weighted by atomic mass is 10.2. The molecule has 1 aliphatic carbocycles. The van der Waals surface area contributed by atoms with Gasteiger partial charge in [-0.2, -0.15) is 0 Å². The highest BCUT2D eigenvalue weighted by Crippen LogP contribution is 2.20. The van der Waals surface area contributed by atoms with Crippen LogP contribution < -0.4 is 0 Å². The Hall–Kier alpha value is -0.570. The Morgan fingerprint density at radius 3 is 2.21 bits per heavy atom. The molecule has 19 heavy (non-hydrogen) atoms. The van der Waals surface area contributed by atoms with E-state index < -0.39 is 0 Å². The third kappa shape index (κ3) is 6.95. The van der Waals surface area contributed by atoms with Gasteiger partial charge in [0, 0.05) is 13.1 Å². The molecule has 1 rings (SSSR count). The SMILES string of the molecule is CCCCN(CCCC)C(=O)CCOC1CCCC1. The van der Waals surface area contributed by atoms with Crippen molar-refractivity contribution >= 4 is 5.91 Å². The van der Waals surface area contributed by atoms with Crippen LogP contribution in [0.25, 0.3) is 0 Å². The molecule has 0 aromatic heterocycles. The zero-order chi connectivity index (χ0) is 13.9. The minimum atomic E-state index is 0.278. The fraction of sp³-hybridized carbons (Fsp3) is 0.938. The van der Waals surface area contributed by atoms with E-state index in [1.807, 2.05) is 4.90 Å². The van der Waals surface area contributed by atoms with Crippen molar-refractivity contribution in [2.75, 3.05) is 19.7 Å². The van der Waals surface area contributed by atoms with Gasteiger partial charge in [-0.3, -0.25) is 4.79 Å². The number of ether oxygens (including phenoxy) is 1. The molecule has 112 valence electrons. The molecule has 0 spiro atoms. The van der Waals surface area contributed by atoms with Gasteiger partial charge in [0.1, 0.15) is 0 Å². The summed E-state index contributed by atoms with van der Waals surface area (Å²) in [6.07, 6.45) is 10.4. The molecule has 1 saturated carbocycles. The van der Waals surface area contributed by atoms with Crippen LogP contribution in [-0.2, 0) is 9.53 Å². The fourth-order valence-electron chi connectivity index (χ4n) is 2.59. The highest BCUT2D eigenvalue weighted by atomic mass is 16.5. The molecule has 3 nitrogen and oxygen atoms in total. The van der Waals surface area contributed by atoms with Gasteiger partial charge in [0.15, 0.2) is 0 Å². The molecule has 0 saturated heterocycles. The van der Waals surface area contributed by atoms with Crippen molar-refractivity contribution in [3.63, 3.8) is 0 Å². The number of nitrogens with zero attached hydrogens (tertiary/aromatic N) is 1. The van der Waals surface area contributed by atoms with Gasteiger partial charge in [-0.25, -0.2) is 0 Å². The zero-order valence-electron chi connectivity index (χ0n) is 12.8. The average molecular weight is 269 g/mol. The monoisotopic (exact) mass is 269 g/mol. The smallest absolute Gasteiger partial charge is 0.224 e. The Morgan fingerprint density at radius 1 is 1.11 bits per heavy atom. The van der Waals surface area contributed by atoms with Crippen molar-refractivity contribution in [1.82, 2.24) is 4.90 Å². The van der Waals surface area contributed by atoms with Gasteiger partial charge in [0.25, 0.3) is 0 Å². The van der Waals surface area contributed by atoms with Crippen LogP contribution in [-0.4, -0.2) is 36.6 Å². The number of carbonyl (C=O) groups excluding carboxylic acids is 1. The summed E-state index contributed by atoms with van der Waals surface area (Å²) in [5.41, 5.74) is 0. The fourth-order valence-corrected chi connectivity index (χ4v) is 2.59. The quantitative estimate of drug-likeness (QED) is 0.604. The number of carbonyl (C=O) groups is 1. The second-order valence-electron chi connectivity index (χ2n) is 5.62. The van der Waals surface area contributed by atoms with E-state index in [0.29, 0.717) is 19.1 Å². The van der Waals surface area contributed by atoms with Crippen molar-refractivity contribution in [2.45, 2.75) is 77.7 Å². The van der Waals surface area contributed by atoms with E-state index in [1.54, 1.807) is 0 Å². The summed E-state index contributed by atoms with van der Waals surface area (Å²) >= 11 is 0. The number of hydrogen-bond donors (Lipinski definition) is 0. The summed E-state index contributed by atoms with van der Waals surface area (Å²) in [7, 11) is 0. The number of rotatable bonds is 10. The van der Waals surface area contributed by atoms with Crippen LogP contribution in [0.5, 0.6) is 0 Å². The van der Waals surface area contributed by atoms with Crippen molar-refractivity contribution in [1.29, 1.82) is 0 Å². The molecule has 1 amide bonds. The third-order valence-corrected chi connectivity index (χ3v) is 3.89. The van der Waals surface area contributed by atoms with E-state index in [-0.39, 0.29) is 5.91 Å². The van der Waals surface area contributed by atoms with Crippen LogP contribution in [0.4, 0.5) is 0 Å². The summed E-state index contributed by atoms with van der Waals surface area (Å²) in [6, 6.07) is 0. The van der Waals surface area contributed by atoms with E-state index in [2.05, 4.69) is 13.8 Å². The first-order chi connectivity index (χ1) is 9.27. The van der Waals surface area contributed by atoms with Crippen LogP contribution in [0.2, 0.25) is 0 Å². The standard InChI is InChI=1S/C16H31NO2/c1-3-5-12-17(13-6-4-2)16(18)11-14-19-15-9-7-8-10-15/h15H,3-14H2,1-2H3. The summed E-state index contributed by atoms with van der Waals surface area (Å²) in [5.74, 6) is 0.278. The van der Waals surface area contributed by atoms with Crippen molar-refractivity contribution in [3.8, 4) is 0 Å². The summed E-state index contributed by atoms with van der Waals surface area (Å²) < 4.78 is 5.79. The highest BCUT2D eigenvalue weighted by Gasteiger charge is 2.17. The average Bonchev–Trinajstić information content (AvgIpc) is 2.92. The van der Waals surface area contributed by atoms with Crippen LogP contribution in [0.1, 0.15) is 71.6 Å². The molecular formula is C16H31NO2. The Labute approximate surface area is 118 Å². The molecule has 3 heteroatoms. The van der Waals surface area contributed by atoms with Gasteiger partial charge in [0.2, 0.25) is 5.91 Å². The molecule has 1 aliphatic rings. The second kappa shape index (κ2) is 10.2. The van der Waals surface area contributed by atoms with E-state index in [9.17, 15) is 4.79 Å². The van der Waals surface area contributed by atoms with Gasteiger partial charge in [-0.1, -0.05) is 39.5 Å². The Morgan fingerprint density at radius 2 is 1.68 bits per heavy atom. The third-order valence-electron chi connectivity index (χ3n) is 3.89. The largest absolute Gasteiger partial charge is 0.378 e. The second-order valence-corrected chi connectivity index (χ2v) is 5.62. The minimum absolute atomic E-state index is 0.278. The van der Waals surface area contributed by atoms with Gasteiger partial charge >= 0.3 is 0 Å². The first-order valence-electron chi connectivity index (χ1n) is 8.17. The number of unbranched alkanes of at least 4 members (excludes halogenated alkanes) is 2.